The predicted molar refractivity (Wildman–Crippen MR) is 103 cm³/mol. The SMILES string of the molecule is O=C1c2cc(Oc3ccc(C(F)(F)F)c(F)c3)ccc2CCN1c1cccc(Cl)n1. The van der Waals surface area contributed by atoms with Crippen LogP contribution in [0.15, 0.2) is 54.6 Å². The Morgan fingerprint density at radius 3 is 2.47 bits per heavy atom. The highest BCUT2D eigenvalue weighted by molar-refractivity contribution is 6.29. The molecule has 0 spiro atoms. The van der Waals surface area contributed by atoms with Gasteiger partial charge in [0.2, 0.25) is 0 Å². The van der Waals surface area contributed by atoms with Crippen molar-refractivity contribution in [2.75, 3.05) is 11.4 Å². The number of pyridine rings is 1. The summed E-state index contributed by atoms with van der Waals surface area (Å²) in [5.74, 6) is -1.25. The Balaban J connectivity index is 1.60. The molecule has 9 heteroatoms. The number of carbonyl (C=O) groups excluding carboxylic acids is 1. The van der Waals surface area contributed by atoms with Crippen molar-refractivity contribution >= 4 is 23.3 Å². The third-order valence-electron chi connectivity index (χ3n) is 4.62. The van der Waals surface area contributed by atoms with Gasteiger partial charge in [-0.25, -0.2) is 9.37 Å². The van der Waals surface area contributed by atoms with Gasteiger partial charge < -0.3 is 4.74 Å². The molecular formula is C21H13ClF4N2O2. The van der Waals surface area contributed by atoms with E-state index in [9.17, 15) is 22.4 Å². The van der Waals surface area contributed by atoms with Crippen molar-refractivity contribution in [3.05, 3.63) is 82.3 Å². The second-order valence-corrected chi connectivity index (χ2v) is 6.97. The first kappa shape index (κ1) is 20.2. The molecule has 0 saturated carbocycles. The molecule has 0 atom stereocenters. The number of hydrogen-bond acceptors (Lipinski definition) is 3. The molecule has 0 saturated heterocycles. The molecule has 1 aromatic heterocycles. The van der Waals surface area contributed by atoms with Crippen LogP contribution in [0.3, 0.4) is 0 Å². The number of alkyl halides is 3. The van der Waals surface area contributed by atoms with E-state index in [2.05, 4.69) is 4.98 Å². The monoisotopic (exact) mass is 436 g/mol. The molecule has 0 fully saturated rings. The first-order valence-electron chi connectivity index (χ1n) is 8.84. The van der Waals surface area contributed by atoms with Crippen molar-refractivity contribution in [2.45, 2.75) is 12.6 Å². The fraction of sp³-hybridized carbons (Fsp3) is 0.143. The summed E-state index contributed by atoms with van der Waals surface area (Å²) >= 11 is 5.91. The Bertz CT molecular complexity index is 1130. The lowest BCUT2D eigenvalue weighted by molar-refractivity contribution is -0.140. The second-order valence-electron chi connectivity index (χ2n) is 6.59. The first-order chi connectivity index (χ1) is 14.2. The summed E-state index contributed by atoms with van der Waals surface area (Å²) in [6.07, 6.45) is -4.22. The summed E-state index contributed by atoms with van der Waals surface area (Å²) in [5, 5.41) is 0.257. The number of rotatable bonds is 3. The van der Waals surface area contributed by atoms with Gasteiger partial charge >= 0.3 is 6.18 Å². The van der Waals surface area contributed by atoms with Crippen molar-refractivity contribution in [1.29, 1.82) is 0 Å². The lowest BCUT2D eigenvalue weighted by atomic mass is 9.98. The molecule has 1 aliphatic rings. The summed E-state index contributed by atoms with van der Waals surface area (Å²) in [6, 6.07) is 12.0. The Morgan fingerprint density at radius 2 is 1.77 bits per heavy atom. The minimum absolute atomic E-state index is 0.114. The zero-order valence-electron chi connectivity index (χ0n) is 15.2. The highest BCUT2D eigenvalue weighted by Crippen LogP contribution is 2.34. The summed E-state index contributed by atoms with van der Waals surface area (Å²) in [5.41, 5.74) is -0.211. The van der Waals surface area contributed by atoms with Gasteiger partial charge in [0.25, 0.3) is 5.91 Å². The molecule has 4 nitrogen and oxygen atoms in total. The number of fused-ring (bicyclic) bond motifs is 1. The van der Waals surface area contributed by atoms with Crippen molar-refractivity contribution in [3.63, 3.8) is 0 Å². The van der Waals surface area contributed by atoms with E-state index in [4.69, 9.17) is 16.3 Å². The van der Waals surface area contributed by atoms with Crippen molar-refractivity contribution in [1.82, 2.24) is 4.98 Å². The van der Waals surface area contributed by atoms with E-state index in [1.165, 1.54) is 11.0 Å². The van der Waals surface area contributed by atoms with Crippen LogP contribution in [0.5, 0.6) is 11.5 Å². The molecular weight excluding hydrogens is 424 g/mol. The van der Waals surface area contributed by atoms with Crippen molar-refractivity contribution in [2.24, 2.45) is 0 Å². The molecule has 0 bridgehead atoms. The Morgan fingerprint density at radius 1 is 1.03 bits per heavy atom. The molecule has 0 unspecified atom stereocenters. The fourth-order valence-corrected chi connectivity index (χ4v) is 3.37. The lowest BCUT2D eigenvalue weighted by Crippen LogP contribution is -2.38. The Kier molecular flexibility index (Phi) is 5.11. The molecule has 2 heterocycles. The number of benzene rings is 2. The highest BCUT2D eigenvalue weighted by atomic mass is 35.5. The first-order valence-corrected chi connectivity index (χ1v) is 9.22. The number of anilines is 1. The van der Waals surface area contributed by atoms with Crippen LogP contribution >= 0.6 is 11.6 Å². The highest BCUT2D eigenvalue weighted by Gasteiger charge is 2.34. The molecule has 1 aliphatic heterocycles. The Hall–Kier alpha value is -3.13. The normalized spacial score (nSPS) is 13.9. The summed E-state index contributed by atoms with van der Waals surface area (Å²) in [4.78, 5) is 18.6. The van der Waals surface area contributed by atoms with Crippen LogP contribution < -0.4 is 9.64 Å². The summed E-state index contributed by atoms with van der Waals surface area (Å²) in [7, 11) is 0. The molecule has 1 amide bonds. The zero-order valence-corrected chi connectivity index (χ0v) is 16.0. The summed E-state index contributed by atoms with van der Waals surface area (Å²) in [6.45, 7) is 0.420. The number of halogens is 5. The molecule has 3 aromatic rings. The lowest BCUT2D eigenvalue weighted by Gasteiger charge is -2.28. The number of nitrogens with zero attached hydrogens (tertiary/aromatic N) is 2. The van der Waals surface area contributed by atoms with Gasteiger partial charge in [-0.15, -0.1) is 0 Å². The number of carbonyl (C=O) groups is 1. The minimum Gasteiger partial charge on any atom is -0.457 e. The van der Waals surface area contributed by atoms with E-state index in [0.29, 0.717) is 36.5 Å². The predicted octanol–water partition coefficient (Wildman–Crippen LogP) is 5.89. The van der Waals surface area contributed by atoms with E-state index in [-0.39, 0.29) is 22.6 Å². The van der Waals surface area contributed by atoms with Crippen molar-refractivity contribution in [3.8, 4) is 11.5 Å². The number of aromatic nitrogens is 1. The molecule has 4 rings (SSSR count). The number of amides is 1. The average Bonchev–Trinajstić information content (AvgIpc) is 2.68. The van der Waals surface area contributed by atoms with Crippen LogP contribution in [0.25, 0.3) is 0 Å². The molecule has 0 N–H and O–H groups in total. The van der Waals surface area contributed by atoms with Gasteiger partial charge in [-0.2, -0.15) is 13.2 Å². The van der Waals surface area contributed by atoms with Crippen LogP contribution in [0.4, 0.5) is 23.4 Å². The van der Waals surface area contributed by atoms with Gasteiger partial charge in [0.1, 0.15) is 28.3 Å². The standard InChI is InChI=1S/C21H13ClF4N2O2/c22-18-2-1-3-19(27-18)28-9-8-12-4-5-13(10-15(12)20(28)29)30-14-6-7-16(17(23)11-14)21(24,25)26/h1-7,10-11H,8-9H2. The molecule has 154 valence electrons. The van der Waals surface area contributed by atoms with Crippen LogP contribution in [0.2, 0.25) is 5.15 Å². The van der Waals surface area contributed by atoms with Crippen molar-refractivity contribution < 1.29 is 27.1 Å². The largest absolute Gasteiger partial charge is 0.457 e. The fourth-order valence-electron chi connectivity index (χ4n) is 3.21. The van der Waals surface area contributed by atoms with Crippen LogP contribution in [0, 0.1) is 5.82 Å². The van der Waals surface area contributed by atoms with E-state index < -0.39 is 17.6 Å². The maximum atomic E-state index is 13.8. The minimum atomic E-state index is -4.79. The topological polar surface area (TPSA) is 42.4 Å². The maximum Gasteiger partial charge on any atom is 0.419 e. The van der Waals surface area contributed by atoms with Crippen LogP contribution in [0.1, 0.15) is 21.5 Å². The van der Waals surface area contributed by atoms with Gasteiger partial charge in [0.15, 0.2) is 0 Å². The zero-order chi connectivity index (χ0) is 21.5. The van der Waals surface area contributed by atoms with E-state index in [0.717, 1.165) is 11.6 Å². The molecule has 0 radical (unpaired) electrons. The van der Waals surface area contributed by atoms with Crippen LogP contribution in [-0.2, 0) is 12.6 Å². The van der Waals surface area contributed by atoms with Gasteiger partial charge in [-0.05, 0) is 48.4 Å². The molecule has 0 aliphatic carbocycles. The Labute approximate surface area is 173 Å². The third kappa shape index (κ3) is 3.95. The van der Waals surface area contributed by atoms with E-state index in [1.54, 1.807) is 30.3 Å². The average molecular weight is 437 g/mol. The second kappa shape index (κ2) is 7.60. The smallest absolute Gasteiger partial charge is 0.419 e. The van der Waals surface area contributed by atoms with Gasteiger partial charge in [-0.1, -0.05) is 23.7 Å². The third-order valence-corrected chi connectivity index (χ3v) is 4.83. The molecule has 30 heavy (non-hydrogen) atoms. The molecule has 2 aromatic carbocycles. The van der Waals surface area contributed by atoms with Gasteiger partial charge in [-0.3, -0.25) is 9.69 Å². The quantitative estimate of drug-likeness (QED) is 0.380. The van der Waals surface area contributed by atoms with E-state index >= 15 is 0 Å². The van der Waals surface area contributed by atoms with Gasteiger partial charge in [0, 0.05) is 18.2 Å². The van der Waals surface area contributed by atoms with Gasteiger partial charge in [0.05, 0.1) is 5.56 Å². The van der Waals surface area contributed by atoms with E-state index in [1.807, 2.05) is 0 Å². The number of hydrogen-bond donors (Lipinski definition) is 0. The number of ether oxygens (including phenoxy) is 1. The van der Waals surface area contributed by atoms with Crippen LogP contribution in [-0.4, -0.2) is 17.4 Å². The summed E-state index contributed by atoms with van der Waals surface area (Å²) < 4.78 is 57.4. The maximum absolute atomic E-state index is 13.8.